The molecule has 160 valence electrons. The lowest BCUT2D eigenvalue weighted by atomic mass is 10.1. The molecule has 1 amide bonds. The third-order valence-corrected chi connectivity index (χ3v) is 4.74. The highest BCUT2D eigenvalue weighted by molar-refractivity contribution is 7.92. The predicted octanol–water partition coefficient (Wildman–Crippen LogP) is 3.45. The molecule has 2 rings (SSSR count). The van der Waals surface area contributed by atoms with Gasteiger partial charge in [-0.2, -0.15) is 0 Å². The number of ether oxygens (including phenoxy) is 1. The Morgan fingerprint density at radius 3 is 2.24 bits per heavy atom. The van der Waals surface area contributed by atoms with Crippen LogP contribution in [-0.2, 0) is 10.0 Å². The lowest BCUT2D eigenvalue weighted by Gasteiger charge is -2.18. The lowest BCUT2D eigenvalue weighted by molar-refractivity contribution is 0.102. The first-order chi connectivity index (χ1) is 13.3. The summed E-state index contributed by atoms with van der Waals surface area (Å²) in [6.45, 7) is 7.66. The molecule has 0 saturated carbocycles. The molecule has 0 heterocycles. The molecular weight excluding hydrogens is 414 g/mol. The van der Waals surface area contributed by atoms with Gasteiger partial charge in [-0.25, -0.2) is 8.42 Å². The van der Waals surface area contributed by atoms with Crippen LogP contribution in [0.15, 0.2) is 48.5 Å². The number of nitrogens with one attached hydrogen (secondary N) is 2. The van der Waals surface area contributed by atoms with Gasteiger partial charge in [0.1, 0.15) is 12.4 Å². The van der Waals surface area contributed by atoms with Crippen molar-refractivity contribution in [3.8, 4) is 5.75 Å². The Balaban J connectivity index is 0.00000420. The van der Waals surface area contributed by atoms with Crippen molar-refractivity contribution in [2.24, 2.45) is 0 Å². The van der Waals surface area contributed by atoms with E-state index in [0.29, 0.717) is 12.3 Å². The van der Waals surface area contributed by atoms with Crippen molar-refractivity contribution >= 4 is 39.7 Å². The maximum absolute atomic E-state index is 12.5. The van der Waals surface area contributed by atoms with Crippen molar-refractivity contribution < 1.29 is 17.9 Å². The number of carbonyl (C=O) groups is 1. The number of amides is 1. The average molecular weight is 442 g/mol. The molecule has 0 aliphatic carbocycles. The first kappa shape index (κ1) is 24.7. The third kappa shape index (κ3) is 8.31. The van der Waals surface area contributed by atoms with E-state index in [4.69, 9.17) is 4.74 Å². The molecule has 0 atom stereocenters. The molecule has 0 aliphatic heterocycles. The molecule has 0 aromatic heterocycles. The van der Waals surface area contributed by atoms with Gasteiger partial charge in [0.2, 0.25) is 10.0 Å². The van der Waals surface area contributed by atoms with E-state index in [1.54, 1.807) is 48.5 Å². The molecule has 0 bridgehead atoms. The van der Waals surface area contributed by atoms with Crippen molar-refractivity contribution in [3.63, 3.8) is 0 Å². The first-order valence-corrected chi connectivity index (χ1v) is 11.0. The molecule has 0 fully saturated rings. The van der Waals surface area contributed by atoms with Crippen LogP contribution in [0.3, 0.4) is 0 Å². The van der Waals surface area contributed by atoms with E-state index in [-0.39, 0.29) is 23.7 Å². The smallest absolute Gasteiger partial charge is 0.257 e. The highest BCUT2D eigenvalue weighted by Crippen LogP contribution is 2.20. The van der Waals surface area contributed by atoms with E-state index in [1.165, 1.54) is 0 Å². The Labute approximate surface area is 178 Å². The Kier molecular flexibility index (Phi) is 9.94. The summed E-state index contributed by atoms with van der Waals surface area (Å²) in [6, 6.07) is 13.5. The Hall–Kier alpha value is -2.29. The highest BCUT2D eigenvalue weighted by Gasteiger charge is 2.14. The minimum absolute atomic E-state index is 0. The SMILES string of the molecule is CCN(CC)CCOc1ccc(NC(=O)c2ccccc2NS(C)(=O)=O)cc1.Cl. The maximum atomic E-state index is 12.5. The van der Waals surface area contributed by atoms with Gasteiger partial charge in [-0.3, -0.25) is 9.52 Å². The van der Waals surface area contributed by atoms with Crippen molar-refractivity contribution in [1.82, 2.24) is 4.90 Å². The van der Waals surface area contributed by atoms with Crippen molar-refractivity contribution in [2.75, 3.05) is 42.5 Å². The summed E-state index contributed by atoms with van der Waals surface area (Å²) in [5, 5.41) is 2.77. The molecule has 0 unspecified atom stereocenters. The summed E-state index contributed by atoms with van der Waals surface area (Å²) < 4.78 is 31.0. The summed E-state index contributed by atoms with van der Waals surface area (Å²) in [6.07, 6.45) is 1.04. The molecule has 0 aliphatic rings. The molecular formula is C20H28ClN3O4S. The van der Waals surface area contributed by atoms with E-state index in [0.717, 1.165) is 31.6 Å². The van der Waals surface area contributed by atoms with Crippen LogP contribution in [-0.4, -0.2) is 51.7 Å². The molecule has 0 saturated heterocycles. The second-order valence-corrected chi connectivity index (χ2v) is 8.02. The minimum atomic E-state index is -3.48. The lowest BCUT2D eigenvalue weighted by Crippen LogP contribution is -2.27. The number of nitrogens with zero attached hydrogens (tertiary/aromatic N) is 1. The number of rotatable bonds is 10. The zero-order valence-corrected chi connectivity index (χ0v) is 18.5. The fourth-order valence-electron chi connectivity index (χ4n) is 2.64. The van der Waals surface area contributed by atoms with Crippen molar-refractivity contribution in [2.45, 2.75) is 13.8 Å². The third-order valence-electron chi connectivity index (χ3n) is 4.15. The van der Waals surface area contributed by atoms with Crippen LogP contribution < -0.4 is 14.8 Å². The summed E-state index contributed by atoms with van der Waals surface area (Å²) in [5.74, 6) is 0.325. The van der Waals surface area contributed by atoms with Crippen LogP contribution in [0.5, 0.6) is 5.75 Å². The molecule has 0 radical (unpaired) electrons. The van der Waals surface area contributed by atoms with Crippen LogP contribution in [0.25, 0.3) is 0 Å². The number of halogens is 1. The Bertz CT molecular complexity index is 885. The van der Waals surface area contributed by atoms with E-state index < -0.39 is 15.9 Å². The fourth-order valence-corrected chi connectivity index (χ4v) is 3.21. The van der Waals surface area contributed by atoms with E-state index >= 15 is 0 Å². The van der Waals surface area contributed by atoms with E-state index in [9.17, 15) is 13.2 Å². The van der Waals surface area contributed by atoms with E-state index in [2.05, 4.69) is 28.8 Å². The van der Waals surface area contributed by atoms with Crippen molar-refractivity contribution in [1.29, 1.82) is 0 Å². The highest BCUT2D eigenvalue weighted by atomic mass is 35.5. The molecule has 2 aromatic rings. The number of likely N-dealkylation sites (N-methyl/N-ethyl adjacent to an activating group) is 1. The molecule has 7 nitrogen and oxygen atoms in total. The zero-order valence-electron chi connectivity index (χ0n) is 16.8. The number of carbonyl (C=O) groups excluding carboxylic acids is 1. The Morgan fingerprint density at radius 1 is 1.03 bits per heavy atom. The molecule has 0 spiro atoms. The standard InChI is InChI=1S/C20H27N3O4S.ClH/c1-4-23(5-2)14-15-27-17-12-10-16(11-13-17)21-20(24)18-8-6-7-9-19(18)22-28(3,25)26;/h6-13,22H,4-5,14-15H2,1-3H3,(H,21,24);1H. The fraction of sp³-hybridized carbons (Fsp3) is 0.350. The van der Waals surface area contributed by atoms with Crippen LogP contribution in [0.2, 0.25) is 0 Å². The minimum Gasteiger partial charge on any atom is -0.492 e. The van der Waals surface area contributed by atoms with Gasteiger partial charge < -0.3 is 15.0 Å². The number of sulfonamides is 1. The largest absolute Gasteiger partial charge is 0.492 e. The zero-order chi connectivity index (χ0) is 20.6. The van der Waals surface area contributed by atoms with E-state index in [1.807, 2.05) is 0 Å². The molecule has 2 aromatic carbocycles. The van der Waals surface area contributed by atoms with Crippen LogP contribution >= 0.6 is 12.4 Å². The molecule has 2 N–H and O–H groups in total. The maximum Gasteiger partial charge on any atom is 0.257 e. The first-order valence-electron chi connectivity index (χ1n) is 9.15. The quantitative estimate of drug-likeness (QED) is 0.589. The number of hydrogen-bond acceptors (Lipinski definition) is 5. The predicted molar refractivity (Wildman–Crippen MR) is 120 cm³/mol. The van der Waals surface area contributed by atoms with Gasteiger partial charge >= 0.3 is 0 Å². The average Bonchev–Trinajstić information content (AvgIpc) is 2.65. The van der Waals surface area contributed by atoms with Gasteiger partial charge in [-0.1, -0.05) is 26.0 Å². The van der Waals surface area contributed by atoms with Crippen LogP contribution in [0, 0.1) is 0 Å². The van der Waals surface area contributed by atoms with Gasteiger partial charge in [0.25, 0.3) is 5.91 Å². The van der Waals surface area contributed by atoms with Crippen LogP contribution in [0.1, 0.15) is 24.2 Å². The number of para-hydroxylation sites is 1. The van der Waals surface area contributed by atoms with Crippen molar-refractivity contribution in [3.05, 3.63) is 54.1 Å². The summed E-state index contributed by atoms with van der Waals surface area (Å²) in [4.78, 5) is 14.8. The Morgan fingerprint density at radius 2 is 1.66 bits per heavy atom. The van der Waals surface area contributed by atoms with Gasteiger partial charge in [-0.05, 0) is 49.5 Å². The van der Waals surface area contributed by atoms with Gasteiger partial charge in [0.05, 0.1) is 17.5 Å². The number of hydrogen-bond donors (Lipinski definition) is 2. The number of anilines is 2. The molecule has 9 heteroatoms. The van der Waals surface area contributed by atoms with Gasteiger partial charge in [0.15, 0.2) is 0 Å². The second-order valence-electron chi connectivity index (χ2n) is 6.27. The summed E-state index contributed by atoms with van der Waals surface area (Å²) in [7, 11) is -3.48. The normalized spacial score (nSPS) is 10.9. The van der Waals surface area contributed by atoms with Crippen LogP contribution in [0.4, 0.5) is 11.4 Å². The summed E-state index contributed by atoms with van der Waals surface area (Å²) in [5.41, 5.74) is 1.07. The topological polar surface area (TPSA) is 87.7 Å². The van der Waals surface area contributed by atoms with Gasteiger partial charge in [-0.15, -0.1) is 12.4 Å². The number of benzene rings is 2. The second kappa shape index (κ2) is 11.6. The molecule has 29 heavy (non-hydrogen) atoms. The monoisotopic (exact) mass is 441 g/mol. The van der Waals surface area contributed by atoms with Gasteiger partial charge in [0, 0.05) is 12.2 Å². The summed E-state index contributed by atoms with van der Waals surface area (Å²) >= 11 is 0.